The first-order valence-corrected chi connectivity index (χ1v) is 6.57. The second kappa shape index (κ2) is 7.99. The van der Waals surface area contributed by atoms with Gasteiger partial charge in [-0.25, -0.2) is 0 Å². The first kappa shape index (κ1) is 17.5. The molecule has 0 radical (unpaired) electrons. The van der Waals surface area contributed by atoms with Gasteiger partial charge in [0.25, 0.3) is 0 Å². The molecular weight excluding hydrogens is 287 g/mol. The van der Waals surface area contributed by atoms with E-state index in [0.717, 1.165) is 0 Å². The zero-order valence-corrected chi connectivity index (χ0v) is 11.9. The Morgan fingerprint density at radius 1 is 1.14 bits per heavy atom. The van der Waals surface area contributed by atoms with Crippen molar-refractivity contribution in [3.63, 3.8) is 0 Å². The Bertz CT molecular complexity index is 431. The van der Waals surface area contributed by atoms with Crippen LogP contribution in [0.25, 0.3) is 0 Å². The van der Waals surface area contributed by atoms with Gasteiger partial charge < -0.3 is 9.47 Å². The average Bonchev–Trinajstić information content (AvgIpc) is 2.44. The Morgan fingerprint density at radius 3 is 2.10 bits per heavy atom. The third-order valence-corrected chi connectivity index (χ3v) is 2.59. The van der Waals surface area contributed by atoms with Crippen LogP contribution in [-0.2, 0) is 14.3 Å². The smallest absolute Gasteiger partial charge is 0.351 e. The van der Waals surface area contributed by atoms with Crippen molar-refractivity contribution in [1.29, 1.82) is 0 Å². The van der Waals surface area contributed by atoms with Crippen LogP contribution in [0.2, 0.25) is 0 Å². The predicted molar refractivity (Wildman–Crippen MR) is 71.9 cm³/mol. The van der Waals surface area contributed by atoms with Crippen molar-refractivity contribution in [1.82, 2.24) is 0 Å². The largest absolute Gasteiger partial charge is 0.471 e. The summed E-state index contributed by atoms with van der Waals surface area (Å²) in [6.07, 6.45) is -5.87. The maximum absolute atomic E-state index is 12.7. The Labute approximate surface area is 121 Å². The fraction of sp³-hybridized carbons (Fsp3) is 0.500. The second-order valence-corrected chi connectivity index (χ2v) is 4.09. The van der Waals surface area contributed by atoms with E-state index in [9.17, 15) is 18.0 Å². The topological polar surface area (TPSA) is 38.8 Å². The van der Waals surface area contributed by atoms with Crippen molar-refractivity contribution in [2.45, 2.75) is 26.3 Å². The highest BCUT2D eigenvalue weighted by atomic mass is 19.4. The minimum atomic E-state index is -4.96. The van der Waals surface area contributed by atoms with Crippen molar-refractivity contribution >= 4 is 11.6 Å². The monoisotopic (exact) mass is 305 g/mol. The van der Waals surface area contributed by atoms with Crippen LogP contribution >= 0.6 is 0 Å². The summed E-state index contributed by atoms with van der Waals surface area (Å²) in [5, 5.41) is 0. The number of amides is 1. The molecule has 0 aliphatic rings. The van der Waals surface area contributed by atoms with Crippen LogP contribution < -0.4 is 4.90 Å². The first-order valence-electron chi connectivity index (χ1n) is 6.57. The SMILES string of the molecule is CCOC(CN(C(=O)C(F)(F)F)c1ccccc1)OCC. The van der Waals surface area contributed by atoms with Crippen molar-refractivity contribution in [3.8, 4) is 0 Å². The van der Waals surface area contributed by atoms with Gasteiger partial charge in [-0.15, -0.1) is 0 Å². The van der Waals surface area contributed by atoms with Crippen molar-refractivity contribution < 1.29 is 27.4 Å². The van der Waals surface area contributed by atoms with Crippen molar-refractivity contribution in [2.24, 2.45) is 0 Å². The minimum Gasteiger partial charge on any atom is -0.351 e. The molecule has 0 N–H and O–H groups in total. The van der Waals surface area contributed by atoms with E-state index in [2.05, 4.69) is 0 Å². The zero-order valence-electron chi connectivity index (χ0n) is 11.9. The normalized spacial score (nSPS) is 11.7. The number of carbonyl (C=O) groups excluding carboxylic acids is 1. The summed E-state index contributed by atoms with van der Waals surface area (Å²) in [6, 6.07) is 7.63. The Balaban J connectivity index is 2.99. The number of benzene rings is 1. The molecule has 1 rings (SSSR count). The second-order valence-electron chi connectivity index (χ2n) is 4.09. The Kier molecular flexibility index (Phi) is 6.64. The van der Waals surface area contributed by atoms with E-state index >= 15 is 0 Å². The number of alkyl halides is 3. The van der Waals surface area contributed by atoms with Gasteiger partial charge in [0.05, 0.1) is 6.54 Å². The number of hydrogen-bond donors (Lipinski definition) is 0. The van der Waals surface area contributed by atoms with Crippen LogP contribution in [0, 0.1) is 0 Å². The lowest BCUT2D eigenvalue weighted by atomic mass is 10.2. The van der Waals surface area contributed by atoms with Crippen LogP contribution in [0.1, 0.15) is 13.8 Å². The fourth-order valence-electron chi connectivity index (χ4n) is 1.74. The molecule has 0 bridgehead atoms. The van der Waals surface area contributed by atoms with Gasteiger partial charge in [-0.05, 0) is 26.0 Å². The van der Waals surface area contributed by atoms with E-state index in [1.54, 1.807) is 32.0 Å². The molecule has 0 aromatic heterocycles. The van der Waals surface area contributed by atoms with Gasteiger partial charge in [-0.1, -0.05) is 18.2 Å². The minimum absolute atomic E-state index is 0.143. The van der Waals surface area contributed by atoms with Crippen LogP contribution in [0.5, 0.6) is 0 Å². The third kappa shape index (κ3) is 5.35. The number of halogens is 3. The molecule has 0 fully saturated rings. The molecule has 1 aromatic carbocycles. The summed E-state index contributed by atoms with van der Waals surface area (Å²) in [5.41, 5.74) is 0.143. The molecule has 21 heavy (non-hydrogen) atoms. The average molecular weight is 305 g/mol. The molecular formula is C14H18F3NO3. The van der Waals surface area contributed by atoms with Gasteiger partial charge >= 0.3 is 12.1 Å². The molecule has 4 nitrogen and oxygen atoms in total. The molecule has 0 heterocycles. The number of hydrogen-bond acceptors (Lipinski definition) is 3. The summed E-state index contributed by atoms with van der Waals surface area (Å²) >= 11 is 0. The standard InChI is InChI=1S/C14H18F3NO3/c1-3-20-12(21-4-2)10-18(13(19)14(15,16)17)11-8-6-5-7-9-11/h5-9,12H,3-4,10H2,1-2H3. The van der Waals surface area contributed by atoms with Gasteiger partial charge in [0, 0.05) is 18.9 Å². The molecule has 0 atom stereocenters. The van der Waals surface area contributed by atoms with Crippen molar-refractivity contribution in [3.05, 3.63) is 30.3 Å². The quantitative estimate of drug-likeness (QED) is 0.727. The van der Waals surface area contributed by atoms with E-state index in [4.69, 9.17) is 9.47 Å². The highest BCUT2D eigenvalue weighted by molar-refractivity contribution is 5.97. The molecule has 118 valence electrons. The summed E-state index contributed by atoms with van der Waals surface area (Å²) in [7, 11) is 0. The lowest BCUT2D eigenvalue weighted by Gasteiger charge is -2.28. The number of ether oxygens (including phenoxy) is 2. The van der Waals surface area contributed by atoms with Gasteiger partial charge in [-0.3, -0.25) is 9.69 Å². The molecule has 7 heteroatoms. The number of carbonyl (C=O) groups is 1. The summed E-state index contributed by atoms with van der Waals surface area (Å²) in [5.74, 6) is -1.95. The molecule has 0 aliphatic heterocycles. The molecule has 0 saturated heterocycles. The zero-order chi connectivity index (χ0) is 15.9. The fourth-order valence-corrected chi connectivity index (χ4v) is 1.74. The molecule has 0 unspecified atom stereocenters. The highest BCUT2D eigenvalue weighted by Crippen LogP contribution is 2.24. The van der Waals surface area contributed by atoms with Crippen molar-refractivity contribution in [2.75, 3.05) is 24.7 Å². The lowest BCUT2D eigenvalue weighted by molar-refractivity contribution is -0.173. The first-order chi connectivity index (χ1) is 9.90. The van der Waals surface area contributed by atoms with Crippen LogP contribution in [0.4, 0.5) is 18.9 Å². The van der Waals surface area contributed by atoms with Crippen LogP contribution in [0.15, 0.2) is 30.3 Å². The summed E-state index contributed by atoms with van der Waals surface area (Å²) in [6.45, 7) is 3.61. The number of anilines is 1. The maximum atomic E-state index is 12.7. The van der Waals surface area contributed by atoms with Gasteiger partial charge in [0.15, 0.2) is 6.29 Å². The molecule has 0 aliphatic carbocycles. The van der Waals surface area contributed by atoms with Gasteiger partial charge in [0.2, 0.25) is 0 Å². The lowest BCUT2D eigenvalue weighted by Crippen LogP contribution is -2.46. The van der Waals surface area contributed by atoms with Crippen LogP contribution in [-0.4, -0.2) is 38.1 Å². The van der Waals surface area contributed by atoms with E-state index in [1.165, 1.54) is 12.1 Å². The summed E-state index contributed by atoms with van der Waals surface area (Å²) < 4.78 is 48.6. The molecule has 1 aromatic rings. The number of rotatable bonds is 7. The maximum Gasteiger partial charge on any atom is 0.471 e. The number of nitrogens with zero attached hydrogens (tertiary/aromatic N) is 1. The highest BCUT2D eigenvalue weighted by Gasteiger charge is 2.43. The van der Waals surface area contributed by atoms with E-state index in [1.807, 2.05) is 0 Å². The van der Waals surface area contributed by atoms with Gasteiger partial charge in [-0.2, -0.15) is 13.2 Å². The predicted octanol–water partition coefficient (Wildman–Crippen LogP) is 2.98. The Hall–Kier alpha value is -1.60. The van der Waals surface area contributed by atoms with E-state index in [0.29, 0.717) is 4.90 Å². The van der Waals surface area contributed by atoms with E-state index < -0.39 is 18.4 Å². The van der Waals surface area contributed by atoms with Gasteiger partial charge in [0.1, 0.15) is 0 Å². The molecule has 1 amide bonds. The molecule has 0 saturated carbocycles. The summed E-state index contributed by atoms with van der Waals surface area (Å²) in [4.78, 5) is 12.2. The Morgan fingerprint density at radius 2 is 1.67 bits per heavy atom. The third-order valence-electron chi connectivity index (χ3n) is 2.59. The molecule has 0 spiro atoms. The van der Waals surface area contributed by atoms with Crippen LogP contribution in [0.3, 0.4) is 0 Å². The van der Waals surface area contributed by atoms with E-state index in [-0.39, 0.29) is 25.4 Å². The number of para-hydroxylation sites is 1.